The third-order valence-electron chi connectivity index (χ3n) is 4.41. The molecule has 30 heavy (non-hydrogen) atoms. The van der Waals surface area contributed by atoms with E-state index in [1.165, 1.54) is 18.2 Å². The van der Waals surface area contributed by atoms with E-state index in [1.807, 2.05) is 37.3 Å². The summed E-state index contributed by atoms with van der Waals surface area (Å²) in [6, 6.07) is 19.2. The van der Waals surface area contributed by atoms with Crippen molar-refractivity contribution in [1.29, 1.82) is 0 Å². The summed E-state index contributed by atoms with van der Waals surface area (Å²) in [6.45, 7) is 1.87. The lowest BCUT2D eigenvalue weighted by Crippen LogP contribution is -2.45. The lowest BCUT2D eigenvalue weighted by molar-refractivity contribution is -0.117. The molecule has 0 saturated heterocycles. The van der Waals surface area contributed by atoms with E-state index in [2.05, 4.69) is 10.0 Å². The van der Waals surface area contributed by atoms with Crippen LogP contribution < -0.4 is 10.0 Å². The molecule has 0 fully saturated rings. The fraction of sp³-hybridized carbons (Fsp3) is 0.136. The Kier molecular flexibility index (Phi) is 7.15. The minimum absolute atomic E-state index is 0.0912. The highest BCUT2D eigenvalue weighted by Gasteiger charge is 2.26. The molecule has 156 valence electrons. The smallest absolute Gasteiger partial charge is 0.242 e. The van der Waals surface area contributed by atoms with Gasteiger partial charge in [0.15, 0.2) is 0 Å². The predicted octanol–water partition coefficient (Wildman–Crippen LogP) is 4.83. The van der Waals surface area contributed by atoms with E-state index in [9.17, 15) is 13.2 Å². The summed E-state index contributed by atoms with van der Waals surface area (Å²) in [5.41, 5.74) is 2.17. The van der Waals surface area contributed by atoms with Crippen LogP contribution in [0.2, 0.25) is 10.0 Å². The van der Waals surface area contributed by atoms with E-state index >= 15 is 0 Å². The molecule has 1 amide bonds. The molecule has 0 radical (unpaired) electrons. The molecule has 0 heterocycles. The Labute approximate surface area is 186 Å². The fourth-order valence-electron chi connectivity index (χ4n) is 2.81. The Morgan fingerprint density at radius 2 is 1.60 bits per heavy atom. The number of hydrogen-bond acceptors (Lipinski definition) is 3. The number of hydrogen-bond donors (Lipinski definition) is 2. The lowest BCUT2D eigenvalue weighted by Gasteiger charge is -2.19. The molecule has 0 aliphatic rings. The molecule has 8 heteroatoms. The average Bonchev–Trinajstić information content (AvgIpc) is 2.71. The van der Waals surface area contributed by atoms with Crippen LogP contribution in [0.25, 0.3) is 0 Å². The van der Waals surface area contributed by atoms with E-state index < -0.39 is 22.0 Å². The zero-order chi connectivity index (χ0) is 21.7. The molecule has 0 bridgehead atoms. The van der Waals surface area contributed by atoms with Gasteiger partial charge in [-0.3, -0.25) is 4.79 Å². The Bertz CT molecular complexity index is 1130. The highest BCUT2D eigenvalue weighted by atomic mass is 35.5. The van der Waals surface area contributed by atoms with Crippen LogP contribution in [0.3, 0.4) is 0 Å². The van der Waals surface area contributed by atoms with Crippen molar-refractivity contribution in [2.24, 2.45) is 0 Å². The average molecular weight is 463 g/mol. The molecular formula is C22H20Cl2N2O3S. The van der Waals surface area contributed by atoms with Gasteiger partial charge >= 0.3 is 0 Å². The maximum atomic E-state index is 13.0. The number of sulfonamides is 1. The summed E-state index contributed by atoms with van der Waals surface area (Å²) in [6.07, 6.45) is 0.180. The highest BCUT2D eigenvalue weighted by molar-refractivity contribution is 7.89. The molecular weight excluding hydrogens is 443 g/mol. The van der Waals surface area contributed by atoms with E-state index in [0.717, 1.165) is 11.1 Å². The molecule has 0 spiro atoms. The number of halogens is 2. The Morgan fingerprint density at radius 3 is 2.23 bits per heavy atom. The zero-order valence-corrected chi connectivity index (χ0v) is 18.4. The second-order valence-electron chi connectivity index (χ2n) is 6.79. The topological polar surface area (TPSA) is 75.3 Å². The maximum Gasteiger partial charge on any atom is 0.242 e. The minimum atomic E-state index is -3.91. The predicted molar refractivity (Wildman–Crippen MR) is 121 cm³/mol. The van der Waals surface area contributed by atoms with Crippen LogP contribution >= 0.6 is 23.2 Å². The second-order valence-corrected chi connectivity index (χ2v) is 9.32. The van der Waals surface area contributed by atoms with Crippen molar-refractivity contribution in [2.45, 2.75) is 24.3 Å². The number of nitrogens with one attached hydrogen (secondary N) is 2. The van der Waals surface area contributed by atoms with Gasteiger partial charge in [0.25, 0.3) is 0 Å². The first kappa shape index (κ1) is 22.3. The molecule has 3 rings (SSSR count). The molecule has 3 aromatic rings. The quantitative estimate of drug-likeness (QED) is 0.527. The first-order valence-corrected chi connectivity index (χ1v) is 11.4. The molecule has 0 unspecified atom stereocenters. The van der Waals surface area contributed by atoms with Crippen LogP contribution in [0.1, 0.15) is 11.1 Å². The number of benzene rings is 3. The van der Waals surface area contributed by atoms with Crippen LogP contribution in [0.5, 0.6) is 0 Å². The van der Waals surface area contributed by atoms with Gasteiger partial charge < -0.3 is 5.32 Å². The van der Waals surface area contributed by atoms with Gasteiger partial charge in [-0.2, -0.15) is 4.72 Å². The van der Waals surface area contributed by atoms with Crippen LogP contribution in [0.15, 0.2) is 77.7 Å². The normalized spacial score (nSPS) is 12.4. The summed E-state index contributed by atoms with van der Waals surface area (Å²) >= 11 is 11.9. The molecule has 0 aromatic heterocycles. The summed E-state index contributed by atoms with van der Waals surface area (Å²) in [5, 5.41) is 3.35. The Balaban J connectivity index is 1.86. The van der Waals surface area contributed by atoms with Crippen molar-refractivity contribution in [3.05, 3.63) is 94.0 Å². The van der Waals surface area contributed by atoms with Crippen molar-refractivity contribution in [3.63, 3.8) is 0 Å². The van der Waals surface area contributed by atoms with Crippen molar-refractivity contribution in [1.82, 2.24) is 4.72 Å². The number of carbonyl (C=O) groups excluding carboxylic acids is 1. The number of carbonyl (C=O) groups is 1. The third kappa shape index (κ3) is 5.83. The van der Waals surface area contributed by atoms with Gasteiger partial charge in [0.2, 0.25) is 15.9 Å². The first-order chi connectivity index (χ1) is 14.2. The van der Waals surface area contributed by atoms with Gasteiger partial charge in [-0.05, 0) is 49.2 Å². The monoisotopic (exact) mass is 462 g/mol. The summed E-state index contributed by atoms with van der Waals surface area (Å²) in [7, 11) is -3.91. The molecule has 0 saturated carbocycles. The Morgan fingerprint density at radius 1 is 0.933 bits per heavy atom. The zero-order valence-electron chi connectivity index (χ0n) is 16.1. The standard InChI is InChI=1S/C22H20Cl2N2O3S/c1-15-7-10-18(11-8-15)30(28,29)26-21(13-16-5-3-2-4-6-16)22(27)25-17-9-12-19(23)20(24)14-17/h2-12,14,21,26H,13H2,1H3,(H,25,27)/t21-/m0/s1. The molecule has 2 N–H and O–H groups in total. The van der Waals surface area contributed by atoms with Crippen LogP contribution in [-0.4, -0.2) is 20.4 Å². The van der Waals surface area contributed by atoms with Gasteiger partial charge in [-0.15, -0.1) is 0 Å². The molecule has 1 atom stereocenters. The third-order valence-corrected chi connectivity index (χ3v) is 6.64. The number of amides is 1. The van der Waals surface area contributed by atoms with Crippen molar-refractivity contribution >= 4 is 44.8 Å². The summed E-state index contributed by atoms with van der Waals surface area (Å²) in [5.74, 6) is -0.507. The van der Waals surface area contributed by atoms with E-state index in [4.69, 9.17) is 23.2 Å². The highest BCUT2D eigenvalue weighted by Crippen LogP contribution is 2.25. The molecule has 5 nitrogen and oxygen atoms in total. The van der Waals surface area contributed by atoms with Crippen molar-refractivity contribution < 1.29 is 13.2 Å². The van der Waals surface area contributed by atoms with Crippen LogP contribution in [0.4, 0.5) is 5.69 Å². The van der Waals surface area contributed by atoms with Crippen molar-refractivity contribution in [3.8, 4) is 0 Å². The fourth-order valence-corrected chi connectivity index (χ4v) is 4.31. The summed E-state index contributed by atoms with van der Waals surface area (Å²) in [4.78, 5) is 13.1. The minimum Gasteiger partial charge on any atom is -0.325 e. The van der Waals surface area contributed by atoms with Gasteiger partial charge in [0.05, 0.1) is 14.9 Å². The molecule has 3 aromatic carbocycles. The maximum absolute atomic E-state index is 13.0. The van der Waals surface area contributed by atoms with Crippen LogP contribution in [-0.2, 0) is 21.2 Å². The van der Waals surface area contributed by atoms with E-state index in [0.29, 0.717) is 10.7 Å². The molecule has 0 aliphatic heterocycles. The van der Waals surface area contributed by atoms with Gasteiger partial charge in [-0.25, -0.2) is 8.42 Å². The second kappa shape index (κ2) is 9.62. The lowest BCUT2D eigenvalue weighted by atomic mass is 10.1. The van der Waals surface area contributed by atoms with E-state index in [1.54, 1.807) is 24.3 Å². The largest absolute Gasteiger partial charge is 0.325 e. The molecule has 0 aliphatic carbocycles. The number of rotatable bonds is 7. The van der Waals surface area contributed by atoms with Crippen LogP contribution in [0, 0.1) is 6.92 Å². The first-order valence-electron chi connectivity index (χ1n) is 9.13. The van der Waals surface area contributed by atoms with Gasteiger partial charge in [0, 0.05) is 5.69 Å². The van der Waals surface area contributed by atoms with Gasteiger partial charge in [0.1, 0.15) is 6.04 Å². The van der Waals surface area contributed by atoms with Crippen molar-refractivity contribution in [2.75, 3.05) is 5.32 Å². The SMILES string of the molecule is Cc1ccc(S(=O)(=O)N[C@@H](Cc2ccccc2)C(=O)Nc2ccc(Cl)c(Cl)c2)cc1. The summed E-state index contributed by atoms with van der Waals surface area (Å²) < 4.78 is 28.3. The van der Waals surface area contributed by atoms with E-state index in [-0.39, 0.29) is 16.3 Å². The number of anilines is 1. The Hall–Kier alpha value is -2.38. The van der Waals surface area contributed by atoms with Gasteiger partial charge in [-0.1, -0.05) is 71.2 Å². The number of aryl methyl sites for hydroxylation is 1.